The maximum absolute atomic E-state index is 5.06. The molecule has 0 bridgehead atoms. The molecular formula is C17H27N5OS. The molecule has 2 aromatic rings. The molecule has 1 fully saturated rings. The number of aryl methyl sites for hydroxylation is 1. The highest BCUT2D eigenvalue weighted by Gasteiger charge is 2.22. The van der Waals surface area contributed by atoms with E-state index in [1.807, 2.05) is 24.5 Å². The minimum atomic E-state index is 0.132. The van der Waals surface area contributed by atoms with Crippen molar-refractivity contribution in [1.82, 2.24) is 25.3 Å². The van der Waals surface area contributed by atoms with Gasteiger partial charge in [-0.05, 0) is 19.4 Å². The molecule has 1 N–H and O–H groups in total. The summed E-state index contributed by atoms with van der Waals surface area (Å²) in [4.78, 5) is 12.6. The van der Waals surface area contributed by atoms with Crippen LogP contribution in [0.4, 0.5) is 0 Å². The molecule has 0 spiro atoms. The fourth-order valence-corrected chi connectivity index (χ4v) is 3.87. The van der Waals surface area contributed by atoms with Crippen LogP contribution in [0.3, 0.4) is 0 Å². The molecule has 0 aliphatic carbocycles. The standard InChI is InChI=1S/C17H27N5OS/c1-12-20-15(21-23-12)11-22-7-5-6-13(10-22)18-8-14-9-19-16(24-14)17(2,3)4/h9,13,18H,5-8,10-11H2,1-4H3. The second kappa shape index (κ2) is 7.29. The lowest BCUT2D eigenvalue weighted by Gasteiger charge is -2.32. The molecule has 132 valence electrons. The van der Waals surface area contributed by atoms with Crippen molar-refractivity contribution in [3.8, 4) is 0 Å². The number of hydrogen-bond donors (Lipinski definition) is 1. The van der Waals surface area contributed by atoms with E-state index in [2.05, 4.69) is 46.1 Å². The van der Waals surface area contributed by atoms with E-state index in [0.717, 1.165) is 32.0 Å². The van der Waals surface area contributed by atoms with Crippen LogP contribution >= 0.6 is 11.3 Å². The summed E-state index contributed by atoms with van der Waals surface area (Å²) in [5.74, 6) is 1.42. The first-order chi connectivity index (χ1) is 11.4. The van der Waals surface area contributed by atoms with Gasteiger partial charge in [-0.25, -0.2) is 4.98 Å². The zero-order valence-electron chi connectivity index (χ0n) is 15.0. The maximum Gasteiger partial charge on any atom is 0.223 e. The lowest BCUT2D eigenvalue weighted by atomic mass is 9.98. The van der Waals surface area contributed by atoms with Gasteiger partial charge in [-0.1, -0.05) is 25.9 Å². The van der Waals surface area contributed by atoms with Crippen molar-refractivity contribution in [2.75, 3.05) is 13.1 Å². The van der Waals surface area contributed by atoms with Gasteiger partial charge in [0.15, 0.2) is 5.82 Å². The largest absolute Gasteiger partial charge is 0.340 e. The first-order valence-electron chi connectivity index (χ1n) is 8.60. The summed E-state index contributed by atoms with van der Waals surface area (Å²) < 4.78 is 5.06. The van der Waals surface area contributed by atoms with Crippen molar-refractivity contribution in [3.63, 3.8) is 0 Å². The van der Waals surface area contributed by atoms with Gasteiger partial charge >= 0.3 is 0 Å². The Morgan fingerprint density at radius 2 is 2.25 bits per heavy atom. The van der Waals surface area contributed by atoms with Crippen LogP contribution in [-0.2, 0) is 18.5 Å². The first kappa shape index (κ1) is 17.5. The van der Waals surface area contributed by atoms with Gasteiger partial charge in [0, 0.05) is 42.5 Å². The van der Waals surface area contributed by atoms with Crippen LogP contribution in [0.15, 0.2) is 10.7 Å². The fraction of sp³-hybridized carbons (Fsp3) is 0.706. The van der Waals surface area contributed by atoms with Gasteiger partial charge in [0.1, 0.15) is 0 Å². The average Bonchev–Trinajstić information content (AvgIpc) is 3.14. The normalized spacial score (nSPS) is 19.8. The Kier molecular flexibility index (Phi) is 5.32. The van der Waals surface area contributed by atoms with Crippen LogP contribution in [0, 0.1) is 6.92 Å². The number of hydrogen-bond acceptors (Lipinski definition) is 7. The predicted octanol–water partition coefficient (Wildman–Crippen LogP) is 2.89. The summed E-state index contributed by atoms with van der Waals surface area (Å²) in [6.07, 6.45) is 4.43. The molecule has 1 aliphatic heterocycles. The van der Waals surface area contributed by atoms with Crippen LogP contribution in [0.1, 0.15) is 55.2 Å². The lowest BCUT2D eigenvalue weighted by Crippen LogP contribution is -2.45. The molecule has 1 saturated heterocycles. The van der Waals surface area contributed by atoms with Crippen molar-refractivity contribution >= 4 is 11.3 Å². The highest BCUT2D eigenvalue weighted by molar-refractivity contribution is 7.11. The molecule has 7 heteroatoms. The predicted molar refractivity (Wildman–Crippen MR) is 95.0 cm³/mol. The Morgan fingerprint density at radius 3 is 2.92 bits per heavy atom. The van der Waals surface area contributed by atoms with Gasteiger partial charge in [0.05, 0.1) is 11.6 Å². The fourth-order valence-electron chi connectivity index (χ4n) is 2.95. The van der Waals surface area contributed by atoms with Crippen LogP contribution in [0.5, 0.6) is 0 Å². The third-order valence-electron chi connectivity index (χ3n) is 4.20. The first-order valence-corrected chi connectivity index (χ1v) is 9.42. The average molecular weight is 350 g/mol. The molecule has 0 amide bonds. The van der Waals surface area contributed by atoms with E-state index in [0.29, 0.717) is 11.9 Å². The van der Waals surface area contributed by atoms with Gasteiger partial charge in [0.25, 0.3) is 0 Å². The lowest BCUT2D eigenvalue weighted by molar-refractivity contribution is 0.177. The molecule has 1 atom stereocenters. The van der Waals surface area contributed by atoms with E-state index < -0.39 is 0 Å². The summed E-state index contributed by atoms with van der Waals surface area (Å²) in [5, 5.41) is 8.89. The second-order valence-corrected chi connectivity index (χ2v) is 8.68. The summed E-state index contributed by atoms with van der Waals surface area (Å²) in [6, 6.07) is 0.506. The molecule has 0 radical (unpaired) electrons. The number of rotatable bonds is 5. The van der Waals surface area contributed by atoms with Crippen molar-refractivity contribution in [2.45, 2.75) is 65.1 Å². The second-order valence-electron chi connectivity index (χ2n) is 7.57. The Labute approximate surface area is 147 Å². The van der Waals surface area contributed by atoms with Gasteiger partial charge in [0.2, 0.25) is 5.89 Å². The number of thiazole rings is 1. The number of likely N-dealkylation sites (tertiary alicyclic amines) is 1. The monoisotopic (exact) mass is 349 g/mol. The SMILES string of the molecule is Cc1nc(CN2CCCC(NCc3cnc(C(C)(C)C)s3)C2)no1. The number of piperidine rings is 1. The number of nitrogens with one attached hydrogen (secondary N) is 1. The minimum Gasteiger partial charge on any atom is -0.340 e. The highest BCUT2D eigenvalue weighted by atomic mass is 32.1. The Morgan fingerprint density at radius 1 is 1.42 bits per heavy atom. The van der Waals surface area contributed by atoms with Crippen molar-refractivity contribution < 1.29 is 4.52 Å². The van der Waals surface area contributed by atoms with E-state index in [1.165, 1.54) is 22.7 Å². The van der Waals surface area contributed by atoms with E-state index in [9.17, 15) is 0 Å². The summed E-state index contributed by atoms with van der Waals surface area (Å²) >= 11 is 1.81. The smallest absolute Gasteiger partial charge is 0.223 e. The van der Waals surface area contributed by atoms with Gasteiger partial charge in [-0.3, -0.25) is 4.90 Å². The third-order valence-corrected chi connectivity index (χ3v) is 5.62. The number of aromatic nitrogens is 3. The molecule has 3 rings (SSSR count). The van der Waals surface area contributed by atoms with Crippen molar-refractivity contribution in [1.29, 1.82) is 0 Å². The van der Waals surface area contributed by atoms with Crippen LogP contribution in [-0.4, -0.2) is 39.2 Å². The van der Waals surface area contributed by atoms with Crippen molar-refractivity contribution in [2.24, 2.45) is 0 Å². The minimum absolute atomic E-state index is 0.132. The molecule has 0 aromatic carbocycles. The Balaban J connectivity index is 1.49. The van der Waals surface area contributed by atoms with Crippen molar-refractivity contribution in [3.05, 3.63) is 27.8 Å². The zero-order chi connectivity index (χ0) is 17.2. The Bertz CT molecular complexity index is 660. The molecule has 0 saturated carbocycles. The summed E-state index contributed by atoms with van der Waals surface area (Å²) in [5.41, 5.74) is 0.132. The van der Waals surface area contributed by atoms with E-state index in [-0.39, 0.29) is 5.41 Å². The molecule has 3 heterocycles. The molecule has 24 heavy (non-hydrogen) atoms. The highest BCUT2D eigenvalue weighted by Crippen LogP contribution is 2.26. The van der Waals surface area contributed by atoms with Crippen LogP contribution in [0.25, 0.3) is 0 Å². The molecule has 1 aliphatic rings. The molecule has 1 unspecified atom stereocenters. The maximum atomic E-state index is 5.06. The van der Waals surface area contributed by atoms with E-state index >= 15 is 0 Å². The Hall–Kier alpha value is -1.31. The topological polar surface area (TPSA) is 67.1 Å². The van der Waals surface area contributed by atoms with E-state index in [1.54, 1.807) is 0 Å². The van der Waals surface area contributed by atoms with Gasteiger partial charge < -0.3 is 9.84 Å². The van der Waals surface area contributed by atoms with Crippen LogP contribution in [0.2, 0.25) is 0 Å². The zero-order valence-corrected chi connectivity index (χ0v) is 15.8. The third kappa shape index (κ3) is 4.62. The molecule has 6 nitrogen and oxygen atoms in total. The molecular weight excluding hydrogens is 322 g/mol. The van der Waals surface area contributed by atoms with Gasteiger partial charge in [-0.2, -0.15) is 4.98 Å². The number of nitrogens with zero attached hydrogens (tertiary/aromatic N) is 4. The van der Waals surface area contributed by atoms with Crippen LogP contribution < -0.4 is 5.32 Å². The summed E-state index contributed by atoms with van der Waals surface area (Å²) in [6.45, 7) is 12.2. The quantitative estimate of drug-likeness (QED) is 0.895. The summed E-state index contributed by atoms with van der Waals surface area (Å²) in [7, 11) is 0. The molecule has 2 aromatic heterocycles. The van der Waals surface area contributed by atoms with E-state index in [4.69, 9.17) is 4.52 Å². The van der Waals surface area contributed by atoms with Gasteiger partial charge in [-0.15, -0.1) is 11.3 Å².